The Bertz CT molecular complexity index is 458. The van der Waals surface area contributed by atoms with Crippen molar-refractivity contribution in [1.82, 2.24) is 0 Å². The highest BCUT2D eigenvalue weighted by Gasteiger charge is 2.16. The third kappa shape index (κ3) is 3.91. The van der Waals surface area contributed by atoms with Gasteiger partial charge in [0.25, 0.3) is 0 Å². The van der Waals surface area contributed by atoms with Crippen LogP contribution in [0.4, 0.5) is 10.5 Å². The van der Waals surface area contributed by atoms with Crippen LogP contribution >= 0.6 is 0 Å². The van der Waals surface area contributed by atoms with Crippen LogP contribution in [-0.4, -0.2) is 28.9 Å². The molecule has 0 aromatic heterocycles. The fourth-order valence-electron chi connectivity index (χ4n) is 1.22. The minimum Gasteiger partial charge on any atom is -0.479 e. The van der Waals surface area contributed by atoms with Crippen LogP contribution in [0, 0.1) is 0 Å². The normalized spacial score (nSPS) is 11.4. The van der Waals surface area contributed by atoms with Crippen LogP contribution < -0.4 is 5.32 Å². The first-order chi connectivity index (χ1) is 8.54. The van der Waals surface area contributed by atoms with E-state index >= 15 is 0 Å². The average Bonchev–Trinajstić information content (AvgIpc) is 2.35. The summed E-state index contributed by atoms with van der Waals surface area (Å²) >= 11 is 0. The summed E-state index contributed by atoms with van der Waals surface area (Å²) in [6.07, 6.45) is -0.891. The van der Waals surface area contributed by atoms with Gasteiger partial charge in [-0.15, -0.1) is 0 Å². The van der Waals surface area contributed by atoms with Gasteiger partial charge in [0.05, 0.1) is 0 Å². The maximum atomic E-state index is 11.2. The van der Waals surface area contributed by atoms with Crippen molar-refractivity contribution in [2.24, 2.45) is 0 Å². The Morgan fingerprint density at radius 3 is 2.83 bits per heavy atom. The van der Waals surface area contributed by atoms with Gasteiger partial charge in [-0.2, -0.15) is 0 Å². The Hall–Kier alpha value is -2.34. The number of aliphatic hydroxyl groups is 1. The third-order valence-electron chi connectivity index (χ3n) is 2.01. The van der Waals surface area contributed by atoms with E-state index in [1.165, 1.54) is 24.3 Å². The van der Waals surface area contributed by atoms with Gasteiger partial charge in [0.15, 0.2) is 6.10 Å². The molecule has 1 atom stereocenters. The molecule has 3 N–H and O–H groups in total. The second kappa shape index (κ2) is 6.41. The van der Waals surface area contributed by atoms with Crippen LogP contribution in [0.15, 0.2) is 36.9 Å². The molecule has 1 unspecified atom stereocenters. The number of hydrogen-bond acceptors (Lipinski definition) is 4. The molecule has 1 rings (SSSR count). The molecule has 0 heterocycles. The van der Waals surface area contributed by atoms with Crippen LogP contribution in [0.2, 0.25) is 0 Å². The Morgan fingerprint density at radius 1 is 1.50 bits per heavy atom. The number of benzene rings is 1. The van der Waals surface area contributed by atoms with Crippen molar-refractivity contribution < 1.29 is 24.5 Å². The molecule has 0 saturated heterocycles. The number of nitrogens with one attached hydrogen (secondary N) is 1. The van der Waals surface area contributed by atoms with Crippen molar-refractivity contribution in [2.75, 3.05) is 11.9 Å². The summed E-state index contributed by atoms with van der Waals surface area (Å²) in [5.74, 6) is -1.36. The summed E-state index contributed by atoms with van der Waals surface area (Å²) in [5, 5.41) is 20.4. The molecule has 96 valence electrons. The number of anilines is 1. The second-order valence-corrected chi connectivity index (χ2v) is 3.38. The molecule has 0 radical (unpaired) electrons. The standard InChI is InChI=1S/C12H13NO5/c1-2-6-18-12(17)13-9-5-3-4-8(7-9)10(14)11(15)16/h2-5,7,10,14H,1,6H2,(H,13,17)(H,15,16). The topological polar surface area (TPSA) is 95.9 Å². The van der Waals surface area contributed by atoms with E-state index in [0.717, 1.165) is 0 Å². The van der Waals surface area contributed by atoms with E-state index in [2.05, 4.69) is 11.9 Å². The number of ether oxygens (including phenoxy) is 1. The summed E-state index contributed by atoms with van der Waals surface area (Å²) < 4.78 is 4.70. The largest absolute Gasteiger partial charge is 0.479 e. The zero-order valence-electron chi connectivity index (χ0n) is 9.50. The van der Waals surface area contributed by atoms with Gasteiger partial charge in [0.1, 0.15) is 6.61 Å². The molecule has 1 amide bonds. The summed E-state index contributed by atoms with van der Waals surface area (Å²) in [6, 6.07) is 5.87. The Balaban J connectivity index is 2.73. The van der Waals surface area contributed by atoms with Gasteiger partial charge in [-0.05, 0) is 17.7 Å². The number of carbonyl (C=O) groups is 2. The first-order valence-electron chi connectivity index (χ1n) is 5.10. The second-order valence-electron chi connectivity index (χ2n) is 3.38. The highest BCUT2D eigenvalue weighted by atomic mass is 16.5. The van der Waals surface area contributed by atoms with Crippen LogP contribution in [0.25, 0.3) is 0 Å². The minimum atomic E-state index is -1.63. The van der Waals surface area contributed by atoms with Crippen LogP contribution in [0.3, 0.4) is 0 Å². The van der Waals surface area contributed by atoms with E-state index in [1.807, 2.05) is 0 Å². The summed E-state index contributed by atoms with van der Waals surface area (Å²) in [4.78, 5) is 21.8. The maximum Gasteiger partial charge on any atom is 0.411 e. The summed E-state index contributed by atoms with van der Waals surface area (Å²) in [5.41, 5.74) is 0.505. The lowest BCUT2D eigenvalue weighted by Crippen LogP contribution is -2.15. The zero-order valence-corrected chi connectivity index (χ0v) is 9.50. The summed E-state index contributed by atoms with van der Waals surface area (Å²) in [6.45, 7) is 3.47. The fourth-order valence-corrected chi connectivity index (χ4v) is 1.22. The van der Waals surface area contributed by atoms with Crippen molar-refractivity contribution in [1.29, 1.82) is 0 Å². The van der Waals surface area contributed by atoms with Gasteiger partial charge in [-0.25, -0.2) is 9.59 Å². The number of rotatable bonds is 5. The molecule has 6 heteroatoms. The van der Waals surface area contributed by atoms with E-state index in [0.29, 0.717) is 5.69 Å². The van der Waals surface area contributed by atoms with Gasteiger partial charge in [-0.3, -0.25) is 5.32 Å². The van der Waals surface area contributed by atoms with E-state index < -0.39 is 18.2 Å². The number of carbonyl (C=O) groups excluding carboxylic acids is 1. The van der Waals surface area contributed by atoms with E-state index in [1.54, 1.807) is 6.07 Å². The summed E-state index contributed by atoms with van der Waals surface area (Å²) in [7, 11) is 0. The Morgan fingerprint density at radius 2 is 2.22 bits per heavy atom. The molecular formula is C12H13NO5. The van der Waals surface area contributed by atoms with E-state index in [9.17, 15) is 14.7 Å². The number of aliphatic hydroxyl groups excluding tert-OH is 1. The monoisotopic (exact) mass is 251 g/mol. The smallest absolute Gasteiger partial charge is 0.411 e. The zero-order chi connectivity index (χ0) is 13.5. The van der Waals surface area contributed by atoms with Crippen LogP contribution in [0.5, 0.6) is 0 Å². The fraction of sp³-hybridized carbons (Fsp3) is 0.167. The molecule has 0 bridgehead atoms. The third-order valence-corrected chi connectivity index (χ3v) is 2.01. The number of carboxylic acids is 1. The molecule has 0 fully saturated rings. The number of aliphatic carboxylic acids is 1. The molecule has 6 nitrogen and oxygen atoms in total. The van der Waals surface area contributed by atoms with E-state index in [-0.39, 0.29) is 12.2 Å². The number of amides is 1. The van der Waals surface area contributed by atoms with Crippen LogP contribution in [-0.2, 0) is 9.53 Å². The molecule has 18 heavy (non-hydrogen) atoms. The van der Waals surface area contributed by atoms with Gasteiger partial charge >= 0.3 is 12.1 Å². The first kappa shape index (κ1) is 13.7. The molecule has 0 saturated carbocycles. The number of carboxylic acid groups (broad SMARTS) is 1. The lowest BCUT2D eigenvalue weighted by atomic mass is 10.1. The van der Waals surface area contributed by atoms with E-state index in [4.69, 9.17) is 9.84 Å². The highest BCUT2D eigenvalue weighted by molar-refractivity contribution is 5.85. The predicted octanol–water partition coefficient (Wildman–Crippen LogP) is 1.54. The minimum absolute atomic E-state index is 0.0727. The molecule has 0 aliphatic heterocycles. The average molecular weight is 251 g/mol. The van der Waals surface area contributed by atoms with Crippen molar-refractivity contribution in [3.05, 3.63) is 42.5 Å². The van der Waals surface area contributed by atoms with Crippen molar-refractivity contribution in [3.8, 4) is 0 Å². The van der Waals surface area contributed by atoms with Gasteiger partial charge in [-0.1, -0.05) is 24.8 Å². The predicted molar refractivity (Wildman–Crippen MR) is 64.2 cm³/mol. The molecule has 0 aliphatic carbocycles. The molecule has 0 aliphatic rings. The molecule has 1 aromatic rings. The SMILES string of the molecule is C=CCOC(=O)Nc1cccc(C(O)C(=O)O)c1. The maximum absolute atomic E-state index is 11.2. The van der Waals surface area contributed by atoms with Gasteiger partial charge in [0, 0.05) is 5.69 Å². The van der Waals surface area contributed by atoms with Gasteiger partial charge in [0.2, 0.25) is 0 Å². The molecule has 0 spiro atoms. The molecular weight excluding hydrogens is 238 g/mol. The molecule has 1 aromatic carbocycles. The Kier molecular flexibility index (Phi) is 4.89. The lowest BCUT2D eigenvalue weighted by Gasteiger charge is -2.09. The van der Waals surface area contributed by atoms with Crippen molar-refractivity contribution >= 4 is 17.7 Å². The highest BCUT2D eigenvalue weighted by Crippen LogP contribution is 2.17. The Labute approximate surface area is 104 Å². The van der Waals surface area contributed by atoms with Crippen LogP contribution in [0.1, 0.15) is 11.7 Å². The van der Waals surface area contributed by atoms with Crippen molar-refractivity contribution in [2.45, 2.75) is 6.10 Å². The van der Waals surface area contributed by atoms with Gasteiger partial charge < -0.3 is 14.9 Å². The first-order valence-corrected chi connectivity index (χ1v) is 5.10. The quantitative estimate of drug-likeness (QED) is 0.690. The number of hydrogen-bond donors (Lipinski definition) is 3. The van der Waals surface area contributed by atoms with Crippen molar-refractivity contribution in [3.63, 3.8) is 0 Å². The lowest BCUT2D eigenvalue weighted by molar-refractivity contribution is -0.146.